The van der Waals surface area contributed by atoms with Gasteiger partial charge in [0.05, 0.1) is 23.0 Å². The number of nitrogens with zero attached hydrogens (tertiary/aromatic N) is 4. The number of benzene rings is 4. The number of halogens is 3. The summed E-state index contributed by atoms with van der Waals surface area (Å²) in [5.41, 5.74) is 4.79. The molecule has 1 aromatic heterocycles. The number of hydrogen-bond donors (Lipinski definition) is 0. The first-order chi connectivity index (χ1) is 17.6. The van der Waals surface area contributed by atoms with E-state index in [-0.39, 0.29) is 5.82 Å². The largest absolute Gasteiger partial charge is 0.247 e. The van der Waals surface area contributed by atoms with Crippen LogP contribution in [0, 0.1) is 5.82 Å². The molecule has 0 N–H and O–H groups in total. The van der Waals surface area contributed by atoms with E-state index in [4.69, 9.17) is 26.7 Å². The van der Waals surface area contributed by atoms with Crippen LogP contribution in [0.5, 0.6) is 0 Å². The molecule has 7 heteroatoms. The Morgan fingerprint density at radius 3 is 2.36 bits per heavy atom. The van der Waals surface area contributed by atoms with Gasteiger partial charge in [-0.2, -0.15) is 5.10 Å². The second-order valence-corrected chi connectivity index (χ2v) is 9.89. The summed E-state index contributed by atoms with van der Waals surface area (Å²) in [7, 11) is 0. The Kier molecular flexibility index (Phi) is 5.99. The third-order valence-electron chi connectivity index (χ3n) is 6.25. The van der Waals surface area contributed by atoms with Crippen molar-refractivity contribution >= 4 is 50.1 Å². The van der Waals surface area contributed by atoms with Crippen LogP contribution in [0.3, 0.4) is 0 Å². The smallest absolute Gasteiger partial charge is 0.223 e. The fraction of sp³-hybridized carbons (Fsp3) is 0.0690. The van der Waals surface area contributed by atoms with Crippen LogP contribution in [0.4, 0.5) is 10.3 Å². The zero-order chi connectivity index (χ0) is 24.6. The number of aromatic nitrogens is 2. The second kappa shape index (κ2) is 9.45. The van der Waals surface area contributed by atoms with Crippen molar-refractivity contribution in [1.29, 1.82) is 0 Å². The summed E-state index contributed by atoms with van der Waals surface area (Å²) in [4.78, 5) is 9.81. The molecule has 4 aromatic carbocycles. The Labute approximate surface area is 221 Å². The molecule has 0 fully saturated rings. The molecule has 1 unspecified atom stereocenters. The van der Waals surface area contributed by atoms with Gasteiger partial charge in [-0.05, 0) is 42.0 Å². The highest BCUT2D eigenvalue weighted by atomic mass is 79.9. The number of hydrazone groups is 1. The lowest BCUT2D eigenvalue weighted by Gasteiger charge is -2.23. The van der Waals surface area contributed by atoms with Crippen LogP contribution in [0.25, 0.3) is 22.2 Å². The van der Waals surface area contributed by atoms with Gasteiger partial charge >= 0.3 is 0 Å². The topological polar surface area (TPSA) is 41.4 Å². The molecule has 0 radical (unpaired) electrons. The van der Waals surface area contributed by atoms with Gasteiger partial charge in [-0.1, -0.05) is 88.2 Å². The van der Waals surface area contributed by atoms with E-state index in [1.807, 2.05) is 78.9 Å². The third kappa shape index (κ3) is 4.27. The zero-order valence-electron chi connectivity index (χ0n) is 18.9. The van der Waals surface area contributed by atoms with E-state index in [1.165, 1.54) is 6.07 Å². The molecule has 0 saturated carbocycles. The van der Waals surface area contributed by atoms with Crippen molar-refractivity contribution in [1.82, 2.24) is 9.97 Å². The average Bonchev–Trinajstić information content (AvgIpc) is 3.34. The number of hydrogen-bond acceptors (Lipinski definition) is 4. The molecule has 6 rings (SSSR count). The van der Waals surface area contributed by atoms with Crippen molar-refractivity contribution in [2.75, 3.05) is 5.01 Å². The van der Waals surface area contributed by atoms with Gasteiger partial charge in [0.2, 0.25) is 5.95 Å². The Hall–Kier alpha value is -3.61. The molecule has 36 heavy (non-hydrogen) atoms. The highest BCUT2D eigenvalue weighted by molar-refractivity contribution is 9.10. The van der Waals surface area contributed by atoms with Gasteiger partial charge in [0, 0.05) is 32.4 Å². The molecule has 1 aliphatic rings. The van der Waals surface area contributed by atoms with Crippen molar-refractivity contribution in [2.24, 2.45) is 5.10 Å². The first-order valence-corrected chi connectivity index (χ1v) is 12.6. The van der Waals surface area contributed by atoms with Crippen molar-refractivity contribution in [2.45, 2.75) is 12.5 Å². The van der Waals surface area contributed by atoms with E-state index in [0.29, 0.717) is 23.0 Å². The maximum absolute atomic E-state index is 15.0. The van der Waals surface area contributed by atoms with Gasteiger partial charge in [0.25, 0.3) is 0 Å². The van der Waals surface area contributed by atoms with Crippen LogP contribution in [0.2, 0.25) is 5.02 Å². The van der Waals surface area contributed by atoms with E-state index < -0.39 is 6.04 Å². The van der Waals surface area contributed by atoms with E-state index >= 15 is 4.39 Å². The second-order valence-electron chi connectivity index (χ2n) is 8.54. The quantitative estimate of drug-likeness (QED) is 0.224. The highest BCUT2D eigenvalue weighted by Crippen LogP contribution is 2.38. The van der Waals surface area contributed by atoms with Crippen molar-refractivity contribution in [3.63, 3.8) is 0 Å². The lowest BCUT2D eigenvalue weighted by molar-refractivity contribution is 0.576. The maximum Gasteiger partial charge on any atom is 0.247 e. The molecule has 1 aliphatic heterocycles. The van der Waals surface area contributed by atoms with E-state index in [0.717, 1.165) is 37.9 Å². The molecule has 5 aromatic rings. The molecule has 0 bridgehead atoms. The Bertz CT molecular complexity index is 1610. The van der Waals surface area contributed by atoms with Crippen molar-refractivity contribution in [3.05, 3.63) is 124 Å². The Morgan fingerprint density at radius 1 is 0.833 bits per heavy atom. The molecule has 2 heterocycles. The molecule has 0 aliphatic carbocycles. The summed E-state index contributed by atoms with van der Waals surface area (Å²) in [6.45, 7) is 0. The van der Waals surface area contributed by atoms with Gasteiger partial charge in [0.15, 0.2) is 0 Å². The van der Waals surface area contributed by atoms with Gasteiger partial charge in [-0.15, -0.1) is 0 Å². The van der Waals surface area contributed by atoms with E-state index in [9.17, 15) is 0 Å². The van der Waals surface area contributed by atoms with Gasteiger partial charge in [-0.3, -0.25) is 0 Å². The first-order valence-electron chi connectivity index (χ1n) is 11.5. The van der Waals surface area contributed by atoms with Crippen LogP contribution < -0.4 is 5.01 Å². The highest BCUT2D eigenvalue weighted by Gasteiger charge is 2.33. The van der Waals surface area contributed by atoms with Gasteiger partial charge in [0.1, 0.15) is 5.82 Å². The SMILES string of the molecule is Fc1ccccc1C1CC(c2ccc(Br)cc2)=NN1c1nc(-c2ccccc2)c2cc(Cl)ccc2n1. The van der Waals surface area contributed by atoms with Crippen LogP contribution in [-0.2, 0) is 0 Å². The molecule has 1 atom stereocenters. The standard InChI is InChI=1S/C29H19BrClFN4/c30-20-12-10-18(11-13-20)26-17-27(22-8-4-5-9-24(22)32)36(35-26)29-33-25-15-14-21(31)16-23(25)28(34-29)19-6-2-1-3-7-19/h1-16,27H,17H2. The summed E-state index contributed by atoms with van der Waals surface area (Å²) in [6.07, 6.45) is 0.519. The summed E-state index contributed by atoms with van der Waals surface area (Å²) < 4.78 is 16.0. The molecule has 176 valence electrons. The number of fused-ring (bicyclic) bond motifs is 1. The number of anilines is 1. The monoisotopic (exact) mass is 556 g/mol. The molecule has 0 saturated heterocycles. The fourth-order valence-corrected chi connectivity index (χ4v) is 4.94. The van der Waals surface area contributed by atoms with Crippen LogP contribution >= 0.6 is 27.5 Å². The molecular formula is C29H19BrClFN4. The van der Waals surface area contributed by atoms with Gasteiger partial charge < -0.3 is 0 Å². The van der Waals surface area contributed by atoms with Crippen molar-refractivity contribution < 1.29 is 4.39 Å². The fourth-order valence-electron chi connectivity index (χ4n) is 4.51. The van der Waals surface area contributed by atoms with E-state index in [1.54, 1.807) is 17.1 Å². The first kappa shape index (κ1) is 22.8. The minimum atomic E-state index is -0.391. The lowest BCUT2D eigenvalue weighted by atomic mass is 9.98. The molecule has 0 amide bonds. The Morgan fingerprint density at radius 2 is 1.58 bits per heavy atom. The zero-order valence-corrected chi connectivity index (χ0v) is 21.3. The van der Waals surface area contributed by atoms with E-state index in [2.05, 4.69) is 15.9 Å². The predicted octanol–water partition coefficient (Wildman–Crippen LogP) is 8.21. The normalized spacial score (nSPS) is 15.4. The maximum atomic E-state index is 15.0. The number of rotatable bonds is 4. The van der Waals surface area contributed by atoms with Gasteiger partial charge in [-0.25, -0.2) is 19.4 Å². The molecular weight excluding hydrogens is 539 g/mol. The Balaban J connectivity index is 1.55. The van der Waals surface area contributed by atoms with Crippen LogP contribution in [0.15, 0.2) is 107 Å². The minimum Gasteiger partial charge on any atom is -0.223 e. The summed E-state index contributed by atoms with van der Waals surface area (Å²) in [5.74, 6) is 0.125. The summed E-state index contributed by atoms with van der Waals surface area (Å²) in [5, 5.41) is 8.13. The lowest BCUT2D eigenvalue weighted by Crippen LogP contribution is -2.22. The van der Waals surface area contributed by atoms with Crippen LogP contribution in [-0.4, -0.2) is 15.7 Å². The third-order valence-corrected chi connectivity index (χ3v) is 7.01. The van der Waals surface area contributed by atoms with Crippen molar-refractivity contribution in [3.8, 4) is 11.3 Å². The summed E-state index contributed by atoms with van der Waals surface area (Å²) >= 11 is 9.82. The summed E-state index contributed by atoms with van der Waals surface area (Å²) in [6, 6.07) is 29.8. The predicted molar refractivity (Wildman–Crippen MR) is 147 cm³/mol. The van der Waals surface area contributed by atoms with Crippen LogP contribution in [0.1, 0.15) is 23.6 Å². The minimum absolute atomic E-state index is 0.282. The molecule has 0 spiro atoms. The average molecular weight is 558 g/mol. The molecule has 4 nitrogen and oxygen atoms in total.